The molecular formula is C18H14ClN3O3S. The van der Waals surface area contributed by atoms with E-state index in [1.54, 1.807) is 31.3 Å². The number of ether oxygens (including phenoxy) is 1. The van der Waals surface area contributed by atoms with Crippen molar-refractivity contribution in [1.82, 2.24) is 9.88 Å². The van der Waals surface area contributed by atoms with E-state index < -0.39 is 12.2 Å². The van der Waals surface area contributed by atoms with Crippen LogP contribution < -0.4 is 4.90 Å². The van der Waals surface area contributed by atoms with Gasteiger partial charge in [0.15, 0.2) is 5.13 Å². The average molecular weight is 388 g/mol. The Labute approximate surface area is 158 Å². The molecule has 1 unspecified atom stereocenters. The molecule has 0 spiro atoms. The van der Waals surface area contributed by atoms with E-state index in [2.05, 4.69) is 4.98 Å². The fourth-order valence-electron chi connectivity index (χ4n) is 2.74. The molecule has 1 fully saturated rings. The van der Waals surface area contributed by atoms with Crippen LogP contribution in [0.4, 0.5) is 9.93 Å². The number of esters is 1. The van der Waals surface area contributed by atoms with Crippen molar-refractivity contribution in [2.45, 2.75) is 6.23 Å². The van der Waals surface area contributed by atoms with Crippen molar-refractivity contribution in [3.05, 3.63) is 59.1 Å². The van der Waals surface area contributed by atoms with Crippen molar-refractivity contribution in [3.8, 4) is 0 Å². The van der Waals surface area contributed by atoms with Crippen molar-refractivity contribution in [3.63, 3.8) is 0 Å². The number of para-hydroxylation sites is 1. The SMILES string of the molecule is CN1CC(OC(=O)c2ccc(Cl)cc2)N(c2nc3ccccc3s2)C1=O. The maximum atomic E-state index is 12.6. The third kappa shape index (κ3) is 3.00. The van der Waals surface area contributed by atoms with Crippen molar-refractivity contribution in [2.24, 2.45) is 0 Å². The monoisotopic (exact) mass is 387 g/mol. The Morgan fingerprint density at radius 3 is 2.69 bits per heavy atom. The van der Waals surface area contributed by atoms with Crippen LogP contribution in [-0.2, 0) is 4.74 Å². The predicted molar refractivity (Wildman–Crippen MR) is 101 cm³/mol. The Balaban J connectivity index is 1.62. The average Bonchev–Trinajstić information content (AvgIpc) is 3.16. The van der Waals surface area contributed by atoms with Crippen LogP contribution in [0, 0.1) is 0 Å². The van der Waals surface area contributed by atoms with Gasteiger partial charge in [-0.1, -0.05) is 35.1 Å². The summed E-state index contributed by atoms with van der Waals surface area (Å²) in [6.45, 7) is 0.272. The summed E-state index contributed by atoms with van der Waals surface area (Å²) >= 11 is 7.24. The Hall–Kier alpha value is -2.64. The predicted octanol–water partition coefficient (Wildman–Crippen LogP) is 4.00. The molecule has 0 saturated carbocycles. The van der Waals surface area contributed by atoms with Crippen LogP contribution in [0.2, 0.25) is 5.02 Å². The molecular weight excluding hydrogens is 374 g/mol. The van der Waals surface area contributed by atoms with Gasteiger partial charge >= 0.3 is 12.0 Å². The summed E-state index contributed by atoms with van der Waals surface area (Å²) in [5.74, 6) is -0.513. The number of hydrogen-bond donors (Lipinski definition) is 0. The first-order chi connectivity index (χ1) is 12.5. The molecule has 1 aromatic heterocycles. The van der Waals surface area contributed by atoms with Crippen LogP contribution in [0.15, 0.2) is 48.5 Å². The van der Waals surface area contributed by atoms with Crippen LogP contribution in [0.25, 0.3) is 10.2 Å². The minimum Gasteiger partial charge on any atom is -0.435 e. The van der Waals surface area contributed by atoms with Gasteiger partial charge in [0.2, 0.25) is 6.23 Å². The molecule has 3 aromatic rings. The second-order valence-corrected chi connectivity index (χ2v) is 7.31. The molecule has 132 valence electrons. The fourth-order valence-corrected chi connectivity index (χ4v) is 3.86. The highest BCUT2D eigenvalue weighted by Gasteiger charge is 2.40. The molecule has 2 amide bonds. The smallest absolute Gasteiger partial charge is 0.340 e. The molecule has 4 rings (SSSR count). The highest BCUT2D eigenvalue weighted by atomic mass is 35.5. The van der Waals surface area contributed by atoms with E-state index in [9.17, 15) is 9.59 Å². The topological polar surface area (TPSA) is 62.7 Å². The normalized spacial score (nSPS) is 17.2. The summed E-state index contributed by atoms with van der Waals surface area (Å²) < 4.78 is 6.55. The first kappa shape index (κ1) is 16.8. The molecule has 2 aromatic carbocycles. The van der Waals surface area contributed by atoms with Gasteiger partial charge in [0.05, 0.1) is 22.3 Å². The van der Waals surface area contributed by atoms with Gasteiger partial charge in [-0.15, -0.1) is 0 Å². The second kappa shape index (κ2) is 6.59. The third-order valence-corrected chi connectivity index (χ3v) is 5.35. The van der Waals surface area contributed by atoms with Gasteiger partial charge in [-0.2, -0.15) is 0 Å². The number of halogens is 1. The summed E-state index contributed by atoms with van der Waals surface area (Å²) in [5, 5.41) is 1.04. The zero-order valence-electron chi connectivity index (χ0n) is 13.8. The lowest BCUT2D eigenvalue weighted by Gasteiger charge is -2.20. The highest BCUT2D eigenvalue weighted by Crippen LogP contribution is 2.33. The Morgan fingerprint density at radius 2 is 1.96 bits per heavy atom. The number of amides is 2. The molecule has 0 aliphatic carbocycles. The summed E-state index contributed by atoms with van der Waals surface area (Å²) in [4.78, 5) is 32.4. The summed E-state index contributed by atoms with van der Waals surface area (Å²) in [6.07, 6.45) is -0.740. The fraction of sp³-hybridized carbons (Fsp3) is 0.167. The largest absolute Gasteiger partial charge is 0.435 e. The van der Waals surface area contributed by atoms with Crippen LogP contribution in [0.3, 0.4) is 0 Å². The summed E-state index contributed by atoms with van der Waals surface area (Å²) in [5.41, 5.74) is 1.18. The first-order valence-corrected chi connectivity index (χ1v) is 9.09. The molecule has 26 heavy (non-hydrogen) atoms. The van der Waals surface area contributed by atoms with E-state index in [0.29, 0.717) is 15.7 Å². The molecule has 8 heteroatoms. The molecule has 1 atom stereocenters. The van der Waals surface area contributed by atoms with Crippen LogP contribution in [0.5, 0.6) is 0 Å². The summed E-state index contributed by atoms with van der Waals surface area (Å²) in [6, 6.07) is 13.8. The third-order valence-electron chi connectivity index (χ3n) is 4.06. The van der Waals surface area contributed by atoms with Gasteiger partial charge in [0, 0.05) is 12.1 Å². The van der Waals surface area contributed by atoms with E-state index in [1.807, 2.05) is 24.3 Å². The molecule has 6 nitrogen and oxygen atoms in total. The van der Waals surface area contributed by atoms with Gasteiger partial charge in [-0.3, -0.25) is 0 Å². The van der Waals surface area contributed by atoms with E-state index >= 15 is 0 Å². The number of urea groups is 1. The van der Waals surface area contributed by atoms with Gasteiger partial charge in [0.25, 0.3) is 0 Å². The Morgan fingerprint density at radius 1 is 1.23 bits per heavy atom. The van der Waals surface area contributed by atoms with Crippen LogP contribution in [0.1, 0.15) is 10.4 Å². The molecule has 1 aliphatic rings. The standard InChI is InChI=1S/C18H14ClN3O3S/c1-21-10-15(25-16(23)11-6-8-12(19)9-7-11)22(18(21)24)17-20-13-4-2-3-5-14(13)26-17/h2-9,15H,10H2,1H3. The maximum Gasteiger partial charge on any atom is 0.340 e. The lowest BCUT2D eigenvalue weighted by Crippen LogP contribution is -2.37. The second-order valence-electron chi connectivity index (χ2n) is 5.86. The molecule has 1 aliphatic heterocycles. The zero-order valence-corrected chi connectivity index (χ0v) is 15.3. The van der Waals surface area contributed by atoms with Gasteiger partial charge in [0.1, 0.15) is 0 Å². The van der Waals surface area contributed by atoms with Crippen molar-refractivity contribution in [2.75, 3.05) is 18.5 Å². The lowest BCUT2D eigenvalue weighted by molar-refractivity contribution is 0.0331. The molecule has 1 saturated heterocycles. The van der Waals surface area contributed by atoms with Crippen molar-refractivity contribution >= 4 is 50.3 Å². The number of thiazole rings is 1. The van der Waals surface area contributed by atoms with Crippen molar-refractivity contribution in [1.29, 1.82) is 0 Å². The van der Waals surface area contributed by atoms with Crippen LogP contribution >= 0.6 is 22.9 Å². The number of nitrogens with zero attached hydrogens (tertiary/aromatic N) is 3. The number of likely N-dealkylation sites (N-methyl/N-ethyl adjacent to an activating group) is 1. The number of aromatic nitrogens is 1. The first-order valence-electron chi connectivity index (χ1n) is 7.89. The Bertz CT molecular complexity index is 956. The van der Waals surface area contributed by atoms with Crippen molar-refractivity contribution < 1.29 is 14.3 Å². The number of benzene rings is 2. The molecule has 0 N–H and O–H groups in total. The maximum absolute atomic E-state index is 12.6. The number of hydrogen-bond acceptors (Lipinski definition) is 5. The minimum absolute atomic E-state index is 0.252. The van der Waals surface area contributed by atoms with E-state index in [-0.39, 0.29) is 12.6 Å². The Kier molecular flexibility index (Phi) is 4.26. The lowest BCUT2D eigenvalue weighted by atomic mass is 10.2. The number of fused-ring (bicyclic) bond motifs is 1. The number of carbonyl (C=O) groups is 2. The molecule has 0 radical (unpaired) electrons. The zero-order chi connectivity index (χ0) is 18.3. The minimum atomic E-state index is -0.740. The summed E-state index contributed by atoms with van der Waals surface area (Å²) in [7, 11) is 1.67. The molecule has 0 bridgehead atoms. The highest BCUT2D eigenvalue weighted by molar-refractivity contribution is 7.22. The number of rotatable bonds is 3. The van der Waals surface area contributed by atoms with Crippen LogP contribution in [-0.4, -0.2) is 41.7 Å². The van der Waals surface area contributed by atoms with E-state index in [4.69, 9.17) is 16.3 Å². The quantitative estimate of drug-likeness (QED) is 0.637. The van der Waals surface area contributed by atoms with E-state index in [1.165, 1.54) is 21.1 Å². The van der Waals surface area contributed by atoms with Gasteiger partial charge in [-0.05, 0) is 36.4 Å². The number of carbonyl (C=O) groups excluding carboxylic acids is 2. The molecule has 2 heterocycles. The van der Waals surface area contributed by atoms with E-state index in [0.717, 1.165) is 10.2 Å². The van der Waals surface area contributed by atoms with Gasteiger partial charge in [-0.25, -0.2) is 19.5 Å². The number of anilines is 1. The van der Waals surface area contributed by atoms with Gasteiger partial charge < -0.3 is 9.64 Å².